The number of aliphatic hydroxyl groups excluding tert-OH is 1. The number of fused-ring (bicyclic) bond motifs is 1. The van der Waals surface area contributed by atoms with Gasteiger partial charge in [0.05, 0.1) is 25.4 Å². The molecule has 10 heteroatoms. The SMILES string of the molecule is CC(C)=CCn1c(N2CCCC(N)C2)nc2c(=O)n(CCO)n(CC=Cc3ccccn3)c(=O)c21. The molecule has 3 aromatic rings. The number of nitrogens with zero attached hydrogens (tertiary/aromatic N) is 6. The van der Waals surface area contributed by atoms with Gasteiger partial charge in [0.2, 0.25) is 5.95 Å². The van der Waals surface area contributed by atoms with Crippen LogP contribution >= 0.6 is 0 Å². The van der Waals surface area contributed by atoms with Gasteiger partial charge in [0.1, 0.15) is 5.52 Å². The van der Waals surface area contributed by atoms with Gasteiger partial charge in [-0.3, -0.25) is 14.6 Å². The summed E-state index contributed by atoms with van der Waals surface area (Å²) >= 11 is 0. The van der Waals surface area contributed by atoms with Crippen molar-refractivity contribution in [2.45, 2.75) is 52.4 Å². The Hall–Kier alpha value is -3.50. The number of piperidine rings is 1. The van der Waals surface area contributed by atoms with Gasteiger partial charge in [0, 0.05) is 31.9 Å². The summed E-state index contributed by atoms with van der Waals surface area (Å²) in [6, 6.07) is 5.57. The zero-order valence-corrected chi connectivity index (χ0v) is 20.3. The Bertz CT molecular complexity index is 1350. The van der Waals surface area contributed by atoms with E-state index in [0.29, 0.717) is 19.0 Å². The molecule has 1 saturated heterocycles. The molecular weight excluding hydrogens is 446 g/mol. The molecule has 4 heterocycles. The minimum Gasteiger partial charge on any atom is -0.394 e. The van der Waals surface area contributed by atoms with Crippen LogP contribution in [0.15, 0.2) is 51.7 Å². The largest absolute Gasteiger partial charge is 0.394 e. The lowest BCUT2D eigenvalue weighted by Crippen LogP contribution is -2.44. The third kappa shape index (κ3) is 5.28. The number of aliphatic hydroxyl groups is 1. The van der Waals surface area contributed by atoms with E-state index in [9.17, 15) is 14.7 Å². The van der Waals surface area contributed by atoms with Crippen molar-refractivity contribution in [2.24, 2.45) is 5.73 Å². The highest BCUT2D eigenvalue weighted by atomic mass is 16.3. The molecule has 0 saturated carbocycles. The van der Waals surface area contributed by atoms with Crippen molar-refractivity contribution in [2.75, 3.05) is 24.6 Å². The zero-order valence-electron chi connectivity index (χ0n) is 20.3. The number of hydrogen-bond donors (Lipinski definition) is 2. The Morgan fingerprint density at radius 1 is 1.20 bits per heavy atom. The Morgan fingerprint density at radius 2 is 2.03 bits per heavy atom. The highest BCUT2D eigenvalue weighted by molar-refractivity contribution is 5.77. The molecule has 0 spiro atoms. The first kappa shape index (κ1) is 24.6. The number of imidazole rings is 1. The Balaban J connectivity index is 1.88. The average molecular weight is 480 g/mol. The third-order valence-electron chi connectivity index (χ3n) is 6.10. The molecule has 3 N–H and O–H groups in total. The number of anilines is 1. The van der Waals surface area contributed by atoms with Crippen LogP contribution < -0.4 is 21.8 Å². The standard InChI is InChI=1S/C25H33N7O3/c1-18(2)10-14-30-22-21(28-25(30)29-12-5-7-19(26)17-29)23(34)32(15-16-33)31(24(22)35)13-6-9-20-8-3-4-11-27-20/h3-4,6,8-11,19,33H,5,7,12-17,26H2,1-2H3. The predicted octanol–water partition coefficient (Wildman–Crippen LogP) is 1.35. The van der Waals surface area contributed by atoms with Crippen molar-refractivity contribution in [3.05, 3.63) is 68.5 Å². The molecule has 1 aliphatic rings. The van der Waals surface area contributed by atoms with E-state index < -0.39 is 5.56 Å². The second-order valence-electron chi connectivity index (χ2n) is 9.05. The van der Waals surface area contributed by atoms with E-state index in [1.165, 1.54) is 9.36 Å². The van der Waals surface area contributed by atoms with Gasteiger partial charge in [-0.1, -0.05) is 23.8 Å². The Kier molecular flexibility index (Phi) is 7.62. The predicted molar refractivity (Wildman–Crippen MR) is 137 cm³/mol. The minimum atomic E-state index is -0.404. The number of aromatic nitrogens is 5. The van der Waals surface area contributed by atoms with E-state index in [4.69, 9.17) is 5.73 Å². The summed E-state index contributed by atoms with van der Waals surface area (Å²) in [5.41, 5.74) is 7.70. The van der Waals surface area contributed by atoms with E-state index in [1.807, 2.05) is 42.7 Å². The smallest absolute Gasteiger partial charge is 0.293 e. The van der Waals surface area contributed by atoms with Crippen LogP contribution in [0.1, 0.15) is 32.4 Å². The fourth-order valence-electron chi connectivity index (χ4n) is 4.40. The molecule has 1 atom stereocenters. The summed E-state index contributed by atoms with van der Waals surface area (Å²) in [4.78, 5) is 38.3. The third-order valence-corrected chi connectivity index (χ3v) is 6.10. The van der Waals surface area contributed by atoms with Crippen LogP contribution in [0.25, 0.3) is 17.1 Å². The first-order valence-corrected chi connectivity index (χ1v) is 12.0. The molecule has 0 radical (unpaired) electrons. The fraction of sp³-hybridized carbons (Fsp3) is 0.440. The topological polar surface area (TPSA) is 124 Å². The van der Waals surface area contributed by atoms with Gasteiger partial charge in [0.25, 0.3) is 11.1 Å². The molecule has 1 aliphatic heterocycles. The van der Waals surface area contributed by atoms with Crippen LogP contribution in [-0.4, -0.2) is 54.7 Å². The molecule has 35 heavy (non-hydrogen) atoms. The lowest BCUT2D eigenvalue weighted by molar-refractivity contribution is 0.253. The van der Waals surface area contributed by atoms with E-state index in [2.05, 4.69) is 14.9 Å². The maximum atomic E-state index is 13.8. The van der Waals surface area contributed by atoms with Gasteiger partial charge in [-0.2, -0.15) is 0 Å². The van der Waals surface area contributed by atoms with Gasteiger partial charge in [0.15, 0.2) is 5.52 Å². The van der Waals surface area contributed by atoms with Gasteiger partial charge in [-0.15, -0.1) is 0 Å². The Morgan fingerprint density at radius 3 is 2.71 bits per heavy atom. The van der Waals surface area contributed by atoms with Crippen LogP contribution in [-0.2, 0) is 19.6 Å². The summed E-state index contributed by atoms with van der Waals surface area (Å²) in [7, 11) is 0. The van der Waals surface area contributed by atoms with Crippen LogP contribution in [0.5, 0.6) is 0 Å². The van der Waals surface area contributed by atoms with Crippen LogP contribution in [0, 0.1) is 0 Å². The second kappa shape index (κ2) is 10.8. The lowest BCUT2D eigenvalue weighted by Gasteiger charge is -2.31. The first-order chi connectivity index (χ1) is 16.9. The molecule has 0 amide bonds. The number of allylic oxidation sites excluding steroid dienone is 3. The highest BCUT2D eigenvalue weighted by Gasteiger charge is 2.26. The monoisotopic (exact) mass is 479 g/mol. The normalized spacial score (nSPS) is 16.3. The van der Waals surface area contributed by atoms with Crippen molar-refractivity contribution in [1.82, 2.24) is 23.9 Å². The van der Waals surface area contributed by atoms with E-state index >= 15 is 0 Å². The van der Waals surface area contributed by atoms with Crippen molar-refractivity contribution >= 4 is 23.1 Å². The lowest BCUT2D eigenvalue weighted by atomic mass is 10.1. The minimum absolute atomic E-state index is 0.00775. The second-order valence-corrected chi connectivity index (χ2v) is 9.05. The van der Waals surface area contributed by atoms with E-state index in [1.54, 1.807) is 18.3 Å². The van der Waals surface area contributed by atoms with E-state index in [-0.39, 0.29) is 42.3 Å². The fourth-order valence-corrected chi connectivity index (χ4v) is 4.40. The maximum Gasteiger partial charge on any atom is 0.293 e. The maximum absolute atomic E-state index is 13.8. The molecule has 0 aliphatic carbocycles. The number of pyridine rings is 1. The number of rotatable bonds is 8. The summed E-state index contributed by atoms with van der Waals surface area (Å²) in [5.74, 6) is 0.583. The summed E-state index contributed by atoms with van der Waals surface area (Å²) in [6.07, 6.45) is 9.14. The molecule has 186 valence electrons. The molecule has 1 unspecified atom stereocenters. The van der Waals surface area contributed by atoms with Gasteiger partial charge < -0.3 is 20.3 Å². The molecule has 3 aromatic heterocycles. The van der Waals surface area contributed by atoms with Gasteiger partial charge >= 0.3 is 0 Å². The van der Waals surface area contributed by atoms with Crippen LogP contribution in [0.4, 0.5) is 5.95 Å². The average Bonchev–Trinajstić information content (AvgIpc) is 3.23. The van der Waals surface area contributed by atoms with Crippen LogP contribution in [0.2, 0.25) is 0 Å². The Labute approximate surface area is 203 Å². The molecular formula is C25H33N7O3. The zero-order chi connectivity index (χ0) is 24.9. The van der Waals surface area contributed by atoms with Crippen molar-refractivity contribution in [3.63, 3.8) is 0 Å². The quantitative estimate of drug-likeness (QED) is 0.468. The van der Waals surface area contributed by atoms with Gasteiger partial charge in [-0.25, -0.2) is 14.3 Å². The molecule has 0 bridgehead atoms. The summed E-state index contributed by atoms with van der Waals surface area (Å²) < 4.78 is 4.47. The van der Waals surface area contributed by atoms with Crippen molar-refractivity contribution < 1.29 is 5.11 Å². The molecule has 1 fully saturated rings. The highest BCUT2D eigenvalue weighted by Crippen LogP contribution is 2.22. The summed E-state index contributed by atoms with van der Waals surface area (Å²) in [5, 5.41) is 9.61. The summed E-state index contributed by atoms with van der Waals surface area (Å²) in [6.45, 7) is 5.64. The number of nitrogens with two attached hydrogens (primary N) is 1. The first-order valence-electron chi connectivity index (χ1n) is 12.0. The van der Waals surface area contributed by atoms with Crippen LogP contribution in [0.3, 0.4) is 0 Å². The van der Waals surface area contributed by atoms with Crippen molar-refractivity contribution in [3.8, 4) is 0 Å². The molecule has 0 aromatic carbocycles. The van der Waals surface area contributed by atoms with Gasteiger partial charge in [-0.05, 0) is 44.9 Å². The van der Waals surface area contributed by atoms with Crippen molar-refractivity contribution in [1.29, 1.82) is 0 Å². The number of hydrogen-bond acceptors (Lipinski definition) is 7. The molecule has 10 nitrogen and oxygen atoms in total. The van der Waals surface area contributed by atoms with E-state index in [0.717, 1.165) is 30.7 Å². The molecule has 4 rings (SSSR count).